The smallest absolute Gasteiger partial charge is 0.259 e. The molecule has 1 aliphatic carbocycles. The van der Waals surface area contributed by atoms with E-state index in [0.29, 0.717) is 18.2 Å². The lowest BCUT2D eigenvalue weighted by Crippen LogP contribution is -2.28. The standard InChI is InChI=1S/C14H18F2N2O2/c1-18(2)13(19)8-20-14-11(15)5-9(6-12(14)16)7-17-10-3-4-10/h5-6,10,17H,3-4,7-8H2,1-2H3. The summed E-state index contributed by atoms with van der Waals surface area (Å²) in [5.41, 5.74) is 0.526. The molecule has 0 aliphatic heterocycles. The zero-order chi connectivity index (χ0) is 14.7. The number of halogens is 2. The van der Waals surface area contributed by atoms with Gasteiger partial charge in [0.1, 0.15) is 0 Å². The monoisotopic (exact) mass is 284 g/mol. The summed E-state index contributed by atoms with van der Waals surface area (Å²) in [5.74, 6) is -2.44. The number of carbonyl (C=O) groups excluding carboxylic acids is 1. The average Bonchev–Trinajstić information content (AvgIpc) is 3.18. The average molecular weight is 284 g/mol. The van der Waals surface area contributed by atoms with E-state index in [2.05, 4.69) is 5.32 Å². The van der Waals surface area contributed by atoms with Crippen LogP contribution in [0.15, 0.2) is 12.1 Å². The minimum absolute atomic E-state index is 0.358. The predicted molar refractivity (Wildman–Crippen MR) is 70.4 cm³/mol. The molecule has 0 heterocycles. The van der Waals surface area contributed by atoms with Crippen molar-refractivity contribution in [3.63, 3.8) is 0 Å². The van der Waals surface area contributed by atoms with Crippen LogP contribution in [0.25, 0.3) is 0 Å². The van der Waals surface area contributed by atoms with Crippen molar-refractivity contribution in [2.75, 3.05) is 20.7 Å². The maximum Gasteiger partial charge on any atom is 0.259 e. The summed E-state index contributed by atoms with van der Waals surface area (Å²) in [7, 11) is 3.09. The lowest BCUT2D eigenvalue weighted by Gasteiger charge is -2.13. The summed E-state index contributed by atoms with van der Waals surface area (Å²) in [5, 5.41) is 3.18. The highest BCUT2D eigenvalue weighted by atomic mass is 19.1. The van der Waals surface area contributed by atoms with Crippen LogP contribution in [0.3, 0.4) is 0 Å². The molecule has 20 heavy (non-hydrogen) atoms. The van der Waals surface area contributed by atoms with Gasteiger partial charge in [-0.1, -0.05) is 0 Å². The molecule has 1 N–H and O–H groups in total. The van der Waals surface area contributed by atoms with Crippen molar-refractivity contribution in [2.24, 2.45) is 0 Å². The van der Waals surface area contributed by atoms with E-state index in [4.69, 9.17) is 4.74 Å². The van der Waals surface area contributed by atoms with Gasteiger partial charge >= 0.3 is 0 Å². The Morgan fingerprint density at radius 1 is 1.35 bits per heavy atom. The van der Waals surface area contributed by atoms with Gasteiger partial charge in [-0.05, 0) is 30.5 Å². The molecule has 0 radical (unpaired) electrons. The van der Waals surface area contributed by atoms with Crippen LogP contribution in [-0.2, 0) is 11.3 Å². The molecule has 1 amide bonds. The van der Waals surface area contributed by atoms with Crippen molar-refractivity contribution in [2.45, 2.75) is 25.4 Å². The minimum Gasteiger partial charge on any atom is -0.478 e. The second kappa shape index (κ2) is 6.17. The van der Waals surface area contributed by atoms with E-state index in [1.807, 2.05) is 0 Å². The Balaban J connectivity index is 1.99. The highest BCUT2D eigenvalue weighted by Gasteiger charge is 2.21. The van der Waals surface area contributed by atoms with E-state index >= 15 is 0 Å². The van der Waals surface area contributed by atoms with Crippen LogP contribution in [0, 0.1) is 11.6 Å². The molecule has 6 heteroatoms. The maximum atomic E-state index is 13.8. The van der Waals surface area contributed by atoms with Crippen LogP contribution < -0.4 is 10.1 Å². The molecule has 0 unspecified atom stereocenters. The zero-order valence-corrected chi connectivity index (χ0v) is 11.6. The van der Waals surface area contributed by atoms with Crippen LogP contribution in [0.2, 0.25) is 0 Å². The first kappa shape index (κ1) is 14.7. The molecule has 0 aromatic heterocycles. The number of nitrogens with one attached hydrogen (secondary N) is 1. The first-order valence-corrected chi connectivity index (χ1v) is 6.51. The van der Waals surface area contributed by atoms with Crippen molar-refractivity contribution in [3.8, 4) is 5.75 Å². The molecule has 1 aliphatic rings. The van der Waals surface area contributed by atoms with E-state index in [0.717, 1.165) is 12.8 Å². The first-order valence-electron chi connectivity index (χ1n) is 6.51. The van der Waals surface area contributed by atoms with Crippen molar-refractivity contribution in [1.29, 1.82) is 0 Å². The Morgan fingerprint density at radius 2 is 1.95 bits per heavy atom. The molecule has 1 aromatic carbocycles. The Labute approximate surface area is 116 Å². The van der Waals surface area contributed by atoms with E-state index in [-0.39, 0.29) is 12.5 Å². The fourth-order valence-electron chi connectivity index (χ4n) is 1.66. The number of amides is 1. The van der Waals surface area contributed by atoms with E-state index in [9.17, 15) is 13.6 Å². The number of likely N-dealkylation sites (N-methyl/N-ethyl adjacent to an activating group) is 1. The van der Waals surface area contributed by atoms with E-state index < -0.39 is 17.4 Å². The predicted octanol–water partition coefficient (Wildman–Crippen LogP) is 1.68. The molecule has 2 rings (SSSR count). The highest BCUT2D eigenvalue weighted by molar-refractivity contribution is 5.77. The first-order chi connectivity index (χ1) is 9.47. The summed E-state index contributed by atoms with van der Waals surface area (Å²) in [6.45, 7) is 0.0376. The van der Waals surface area contributed by atoms with Crippen LogP contribution >= 0.6 is 0 Å². The number of hydrogen-bond acceptors (Lipinski definition) is 3. The van der Waals surface area contributed by atoms with Crippen molar-refractivity contribution >= 4 is 5.91 Å². The Hall–Kier alpha value is -1.69. The third-order valence-electron chi connectivity index (χ3n) is 3.07. The molecule has 0 bridgehead atoms. The zero-order valence-electron chi connectivity index (χ0n) is 11.6. The lowest BCUT2D eigenvalue weighted by atomic mass is 10.2. The molecule has 1 fully saturated rings. The third kappa shape index (κ3) is 3.90. The van der Waals surface area contributed by atoms with Gasteiger partial charge in [-0.15, -0.1) is 0 Å². The van der Waals surface area contributed by atoms with Gasteiger partial charge in [0.2, 0.25) is 0 Å². The van der Waals surface area contributed by atoms with Crippen LogP contribution in [-0.4, -0.2) is 37.6 Å². The topological polar surface area (TPSA) is 41.6 Å². The number of carbonyl (C=O) groups is 1. The van der Waals surface area contributed by atoms with Crippen molar-refractivity contribution in [3.05, 3.63) is 29.3 Å². The Kier molecular flexibility index (Phi) is 4.54. The molecule has 4 nitrogen and oxygen atoms in total. The van der Waals surface area contributed by atoms with Crippen LogP contribution in [0.4, 0.5) is 8.78 Å². The van der Waals surface area contributed by atoms with Crippen molar-refractivity contribution in [1.82, 2.24) is 10.2 Å². The summed E-state index contributed by atoms with van der Waals surface area (Å²) in [6, 6.07) is 2.93. The SMILES string of the molecule is CN(C)C(=O)COc1c(F)cc(CNC2CC2)cc1F. The number of benzene rings is 1. The fourth-order valence-corrected chi connectivity index (χ4v) is 1.66. The molecule has 0 saturated heterocycles. The molecular weight excluding hydrogens is 266 g/mol. The maximum absolute atomic E-state index is 13.8. The quantitative estimate of drug-likeness (QED) is 0.864. The summed E-state index contributed by atoms with van der Waals surface area (Å²) in [4.78, 5) is 12.6. The number of nitrogens with zero attached hydrogens (tertiary/aromatic N) is 1. The minimum atomic E-state index is -0.788. The fraction of sp³-hybridized carbons (Fsp3) is 0.500. The van der Waals surface area contributed by atoms with Gasteiger partial charge in [-0.25, -0.2) is 8.78 Å². The van der Waals surface area contributed by atoms with E-state index in [1.54, 1.807) is 14.1 Å². The number of hydrogen-bond donors (Lipinski definition) is 1. The van der Waals surface area contributed by atoms with E-state index in [1.165, 1.54) is 17.0 Å². The largest absolute Gasteiger partial charge is 0.478 e. The summed E-state index contributed by atoms with van der Waals surface area (Å²) in [6.07, 6.45) is 2.22. The van der Waals surface area contributed by atoms with Gasteiger partial charge < -0.3 is 15.0 Å². The second-order valence-electron chi connectivity index (χ2n) is 5.12. The number of ether oxygens (including phenoxy) is 1. The second-order valence-corrected chi connectivity index (χ2v) is 5.12. The molecule has 110 valence electrons. The summed E-state index contributed by atoms with van der Waals surface area (Å²) >= 11 is 0. The molecule has 0 spiro atoms. The summed E-state index contributed by atoms with van der Waals surface area (Å²) < 4.78 is 32.5. The molecule has 1 saturated carbocycles. The van der Waals surface area contributed by atoms with Gasteiger partial charge in [0.25, 0.3) is 5.91 Å². The molecular formula is C14H18F2N2O2. The van der Waals surface area contributed by atoms with Crippen LogP contribution in [0.1, 0.15) is 18.4 Å². The van der Waals surface area contributed by atoms with Crippen LogP contribution in [0.5, 0.6) is 5.75 Å². The molecule has 1 aromatic rings. The third-order valence-corrected chi connectivity index (χ3v) is 3.07. The molecule has 0 atom stereocenters. The Bertz CT molecular complexity index is 479. The normalized spacial score (nSPS) is 14.2. The van der Waals surface area contributed by atoms with Gasteiger partial charge in [0, 0.05) is 26.7 Å². The Morgan fingerprint density at radius 3 is 2.45 bits per heavy atom. The van der Waals surface area contributed by atoms with Gasteiger partial charge in [-0.2, -0.15) is 0 Å². The van der Waals surface area contributed by atoms with Gasteiger partial charge in [-0.3, -0.25) is 4.79 Å². The number of rotatable bonds is 6. The van der Waals surface area contributed by atoms with Gasteiger partial charge in [0.15, 0.2) is 24.0 Å². The van der Waals surface area contributed by atoms with Gasteiger partial charge in [0.05, 0.1) is 0 Å². The highest BCUT2D eigenvalue weighted by Crippen LogP contribution is 2.24. The van der Waals surface area contributed by atoms with Crippen molar-refractivity contribution < 1.29 is 18.3 Å². The lowest BCUT2D eigenvalue weighted by molar-refractivity contribution is -0.130.